The van der Waals surface area contributed by atoms with Crippen molar-refractivity contribution in [2.24, 2.45) is 0 Å². The average Bonchev–Trinajstić information content (AvgIpc) is 3.27. The molecule has 2 unspecified atom stereocenters. The first-order chi connectivity index (χ1) is 9.34. The molecule has 3 rings (SSSR count). The van der Waals surface area contributed by atoms with Crippen LogP contribution in [-0.2, 0) is 19.0 Å². The van der Waals surface area contributed by atoms with E-state index in [9.17, 15) is 4.79 Å². The number of Topliss-reactive ketones (excluding diaryl/α,β-unsaturated/α-hetero) is 1. The summed E-state index contributed by atoms with van der Waals surface area (Å²) < 4.78 is 16.3. The standard InChI is InChI=1S/C15H18O4/c16-12(7-8-13-17-9-4-10-18-13)15-14(19-15)11-5-2-1-3-6-11/h1-3,5-6,13-15H,4,7-10H2. The number of epoxide rings is 1. The topological polar surface area (TPSA) is 48.1 Å². The van der Waals surface area contributed by atoms with E-state index in [0.717, 1.165) is 25.2 Å². The van der Waals surface area contributed by atoms with Gasteiger partial charge in [-0.2, -0.15) is 0 Å². The number of hydrogen-bond acceptors (Lipinski definition) is 4. The van der Waals surface area contributed by atoms with Gasteiger partial charge in [-0.15, -0.1) is 0 Å². The van der Waals surface area contributed by atoms with Gasteiger partial charge in [-0.05, 0) is 12.0 Å². The summed E-state index contributed by atoms with van der Waals surface area (Å²) in [6, 6.07) is 9.86. The summed E-state index contributed by atoms with van der Waals surface area (Å²) in [6.45, 7) is 1.46. The maximum Gasteiger partial charge on any atom is 0.164 e. The van der Waals surface area contributed by atoms with Crippen molar-refractivity contribution in [2.75, 3.05) is 13.2 Å². The SMILES string of the molecule is O=C(CCC1OCCCO1)C1OC1c1ccccc1. The molecule has 1 aromatic carbocycles. The Kier molecular flexibility index (Phi) is 3.92. The van der Waals surface area contributed by atoms with Crippen LogP contribution in [-0.4, -0.2) is 31.4 Å². The van der Waals surface area contributed by atoms with Gasteiger partial charge >= 0.3 is 0 Å². The Balaban J connectivity index is 1.45. The zero-order valence-corrected chi connectivity index (χ0v) is 10.8. The lowest BCUT2D eigenvalue weighted by atomic mass is 10.1. The molecule has 2 aliphatic rings. The summed E-state index contributed by atoms with van der Waals surface area (Å²) in [6.07, 6.45) is 1.48. The number of carbonyl (C=O) groups is 1. The molecule has 2 aliphatic heterocycles. The first-order valence-electron chi connectivity index (χ1n) is 6.81. The van der Waals surface area contributed by atoms with Gasteiger partial charge in [0.05, 0.1) is 13.2 Å². The van der Waals surface area contributed by atoms with Crippen LogP contribution >= 0.6 is 0 Å². The molecule has 0 spiro atoms. The van der Waals surface area contributed by atoms with Gasteiger partial charge in [0.25, 0.3) is 0 Å². The van der Waals surface area contributed by atoms with Crippen molar-refractivity contribution in [3.63, 3.8) is 0 Å². The Bertz CT molecular complexity index is 425. The second-order valence-corrected chi connectivity index (χ2v) is 4.92. The van der Waals surface area contributed by atoms with E-state index in [1.807, 2.05) is 30.3 Å². The Hall–Kier alpha value is -1.23. The number of rotatable bonds is 5. The van der Waals surface area contributed by atoms with E-state index in [2.05, 4.69) is 0 Å². The maximum absolute atomic E-state index is 12.0. The quantitative estimate of drug-likeness (QED) is 0.763. The maximum atomic E-state index is 12.0. The third kappa shape index (κ3) is 3.21. The molecule has 0 aliphatic carbocycles. The zero-order valence-electron chi connectivity index (χ0n) is 10.8. The second kappa shape index (κ2) is 5.82. The molecule has 4 heteroatoms. The Morgan fingerprint density at radius 3 is 2.63 bits per heavy atom. The molecule has 2 atom stereocenters. The van der Waals surface area contributed by atoms with Crippen molar-refractivity contribution in [1.29, 1.82) is 0 Å². The van der Waals surface area contributed by atoms with E-state index in [-0.39, 0.29) is 24.3 Å². The Morgan fingerprint density at radius 1 is 1.16 bits per heavy atom. The van der Waals surface area contributed by atoms with Gasteiger partial charge in [-0.3, -0.25) is 4.79 Å². The van der Waals surface area contributed by atoms with E-state index >= 15 is 0 Å². The minimum absolute atomic E-state index is 0.0538. The lowest BCUT2D eigenvalue weighted by molar-refractivity contribution is -0.182. The van der Waals surface area contributed by atoms with Crippen LogP contribution in [0.15, 0.2) is 30.3 Å². The molecule has 19 heavy (non-hydrogen) atoms. The molecule has 0 radical (unpaired) electrons. The van der Waals surface area contributed by atoms with Crippen LogP contribution in [0.25, 0.3) is 0 Å². The highest BCUT2D eigenvalue weighted by Gasteiger charge is 2.45. The molecule has 1 aromatic rings. The molecule has 4 nitrogen and oxygen atoms in total. The fourth-order valence-electron chi connectivity index (χ4n) is 2.36. The minimum atomic E-state index is -0.272. The molecule has 0 saturated carbocycles. The molecule has 0 amide bonds. The van der Waals surface area contributed by atoms with Crippen LogP contribution in [0.5, 0.6) is 0 Å². The molecule has 0 bridgehead atoms. The van der Waals surface area contributed by atoms with Crippen molar-refractivity contribution < 1.29 is 19.0 Å². The van der Waals surface area contributed by atoms with Crippen molar-refractivity contribution in [3.8, 4) is 0 Å². The highest BCUT2D eigenvalue weighted by Crippen LogP contribution is 2.39. The summed E-state index contributed by atoms with van der Waals surface area (Å²) in [7, 11) is 0. The van der Waals surface area contributed by atoms with Gasteiger partial charge in [0.2, 0.25) is 0 Å². The first kappa shape index (κ1) is 12.8. The molecule has 2 heterocycles. The summed E-state index contributed by atoms with van der Waals surface area (Å²) >= 11 is 0. The molecule has 2 fully saturated rings. The van der Waals surface area contributed by atoms with Crippen LogP contribution in [0.4, 0.5) is 0 Å². The highest BCUT2D eigenvalue weighted by atomic mass is 16.7. The molecule has 0 N–H and O–H groups in total. The molecular formula is C15H18O4. The average molecular weight is 262 g/mol. The van der Waals surface area contributed by atoms with Gasteiger partial charge in [0, 0.05) is 12.8 Å². The Labute approximate surface area is 112 Å². The van der Waals surface area contributed by atoms with Crippen LogP contribution in [0, 0.1) is 0 Å². The van der Waals surface area contributed by atoms with Crippen molar-refractivity contribution in [1.82, 2.24) is 0 Å². The third-order valence-electron chi connectivity index (χ3n) is 3.46. The number of ketones is 1. The predicted molar refractivity (Wildman–Crippen MR) is 68.6 cm³/mol. The normalized spacial score (nSPS) is 27.2. The summed E-state index contributed by atoms with van der Waals surface area (Å²) in [5.41, 5.74) is 1.08. The second-order valence-electron chi connectivity index (χ2n) is 4.92. The largest absolute Gasteiger partial charge is 0.356 e. The van der Waals surface area contributed by atoms with Gasteiger partial charge in [-0.1, -0.05) is 30.3 Å². The highest BCUT2D eigenvalue weighted by molar-refractivity contribution is 5.86. The van der Waals surface area contributed by atoms with Crippen LogP contribution in [0.1, 0.15) is 30.9 Å². The van der Waals surface area contributed by atoms with E-state index in [4.69, 9.17) is 14.2 Å². The molecular weight excluding hydrogens is 244 g/mol. The fraction of sp³-hybridized carbons (Fsp3) is 0.533. The third-order valence-corrected chi connectivity index (χ3v) is 3.46. The fourth-order valence-corrected chi connectivity index (χ4v) is 2.36. The van der Waals surface area contributed by atoms with E-state index in [1.165, 1.54) is 0 Å². The lowest BCUT2D eigenvalue weighted by Crippen LogP contribution is -2.26. The Morgan fingerprint density at radius 2 is 1.89 bits per heavy atom. The van der Waals surface area contributed by atoms with Crippen molar-refractivity contribution in [3.05, 3.63) is 35.9 Å². The summed E-state index contributed by atoms with van der Waals surface area (Å²) in [5, 5.41) is 0. The molecule has 102 valence electrons. The van der Waals surface area contributed by atoms with Crippen molar-refractivity contribution >= 4 is 5.78 Å². The number of benzene rings is 1. The number of ether oxygens (including phenoxy) is 3. The lowest BCUT2D eigenvalue weighted by Gasteiger charge is -2.22. The molecule has 2 saturated heterocycles. The number of hydrogen-bond donors (Lipinski definition) is 0. The van der Waals surface area contributed by atoms with Crippen LogP contribution in [0.3, 0.4) is 0 Å². The van der Waals surface area contributed by atoms with E-state index in [1.54, 1.807) is 0 Å². The summed E-state index contributed by atoms with van der Waals surface area (Å²) in [4.78, 5) is 12.0. The summed E-state index contributed by atoms with van der Waals surface area (Å²) in [5.74, 6) is 0.145. The first-order valence-corrected chi connectivity index (χ1v) is 6.81. The molecule has 0 aromatic heterocycles. The van der Waals surface area contributed by atoms with Gasteiger partial charge < -0.3 is 14.2 Å². The minimum Gasteiger partial charge on any atom is -0.356 e. The smallest absolute Gasteiger partial charge is 0.164 e. The van der Waals surface area contributed by atoms with Crippen LogP contribution in [0.2, 0.25) is 0 Å². The van der Waals surface area contributed by atoms with E-state index in [0.29, 0.717) is 12.8 Å². The monoisotopic (exact) mass is 262 g/mol. The van der Waals surface area contributed by atoms with Gasteiger partial charge in [-0.25, -0.2) is 0 Å². The predicted octanol–water partition coefficient (Wildman–Crippen LogP) is 2.24. The van der Waals surface area contributed by atoms with E-state index < -0.39 is 0 Å². The van der Waals surface area contributed by atoms with Gasteiger partial charge in [0.15, 0.2) is 12.1 Å². The zero-order chi connectivity index (χ0) is 13.1. The number of carbonyl (C=O) groups excluding carboxylic acids is 1. The van der Waals surface area contributed by atoms with Gasteiger partial charge in [0.1, 0.15) is 12.2 Å². The van der Waals surface area contributed by atoms with Crippen LogP contribution < -0.4 is 0 Å². The van der Waals surface area contributed by atoms with Crippen molar-refractivity contribution in [2.45, 2.75) is 37.8 Å².